The van der Waals surface area contributed by atoms with Gasteiger partial charge in [-0.15, -0.1) is 0 Å². The van der Waals surface area contributed by atoms with Gasteiger partial charge in [-0.2, -0.15) is 0 Å². The van der Waals surface area contributed by atoms with Crippen LogP contribution in [0.5, 0.6) is 0 Å². The van der Waals surface area contributed by atoms with Gasteiger partial charge in [0.25, 0.3) is 0 Å². The van der Waals surface area contributed by atoms with Gasteiger partial charge in [0.15, 0.2) is 5.78 Å². The lowest BCUT2D eigenvalue weighted by Crippen LogP contribution is -2.57. The quantitative estimate of drug-likeness (QED) is 0.680. The highest BCUT2D eigenvalue weighted by Gasteiger charge is 2.75. The van der Waals surface area contributed by atoms with Crippen molar-refractivity contribution in [1.82, 2.24) is 0 Å². The molecule has 0 amide bonds. The minimum Gasteiger partial charge on any atom is -0.450 e. The van der Waals surface area contributed by atoms with Gasteiger partial charge in [-0.05, 0) is 79.6 Å². The Kier molecular flexibility index (Phi) is 4.44. The minimum absolute atomic E-state index is 0.0836. The molecule has 5 aliphatic rings. The molecule has 4 saturated carbocycles. The molecule has 2 N–H and O–H groups in total. The summed E-state index contributed by atoms with van der Waals surface area (Å²) in [6.07, 6.45) is 8.22. The standard InChI is InChI=1S/C24H34O5/c1-3-13-10-14-11-15(25)4-5-16(14)17-6-7-23(2)21(20(13)17)18-12-19(18)24(23,28)8-9-29-22(26)27/h11,13,16-21,28H,3-10,12H2,1-2H3,(H,26,27)/t13-,16-,17+,18-,19+,20+,21-,23-,24-/m0/s1. The van der Waals surface area contributed by atoms with Crippen molar-refractivity contribution < 1.29 is 24.5 Å². The maximum Gasteiger partial charge on any atom is 0.505 e. The number of allylic oxidation sites excluding steroid dienone is 1. The molecule has 160 valence electrons. The summed E-state index contributed by atoms with van der Waals surface area (Å²) in [5, 5.41) is 20.7. The van der Waals surface area contributed by atoms with E-state index < -0.39 is 11.8 Å². The molecule has 5 rings (SSSR count). The predicted octanol–water partition coefficient (Wildman–Crippen LogP) is 4.44. The summed E-state index contributed by atoms with van der Waals surface area (Å²) in [6.45, 7) is 4.65. The first-order valence-electron chi connectivity index (χ1n) is 11.6. The lowest BCUT2D eigenvalue weighted by atomic mass is 9.46. The van der Waals surface area contributed by atoms with E-state index in [1.807, 2.05) is 6.08 Å². The Hall–Kier alpha value is -1.36. The SMILES string of the molecule is CC[C@H]1CC2=CC(=O)CC[C@@H]2[C@H]2CC[C@@]3(C)[C@@H]([C@H]4C[C@H]4[C@@]3(O)CCOC(=O)O)[C@H]12. The van der Waals surface area contributed by atoms with Gasteiger partial charge in [-0.25, -0.2) is 4.79 Å². The highest BCUT2D eigenvalue weighted by molar-refractivity contribution is 5.91. The van der Waals surface area contributed by atoms with Gasteiger partial charge in [0.2, 0.25) is 0 Å². The van der Waals surface area contributed by atoms with E-state index in [0.29, 0.717) is 60.1 Å². The molecule has 0 aliphatic heterocycles. The lowest BCUT2D eigenvalue weighted by molar-refractivity contribution is -0.156. The molecule has 0 saturated heterocycles. The zero-order valence-corrected chi connectivity index (χ0v) is 17.6. The summed E-state index contributed by atoms with van der Waals surface area (Å²) >= 11 is 0. The maximum atomic E-state index is 12.0. The van der Waals surface area contributed by atoms with Crippen molar-refractivity contribution in [1.29, 1.82) is 0 Å². The van der Waals surface area contributed by atoms with Crippen LogP contribution in [0.1, 0.15) is 65.2 Å². The van der Waals surface area contributed by atoms with E-state index in [1.165, 1.54) is 5.57 Å². The number of carbonyl (C=O) groups is 2. The molecule has 9 atom stereocenters. The Balaban J connectivity index is 1.46. The van der Waals surface area contributed by atoms with Gasteiger partial charge >= 0.3 is 6.16 Å². The van der Waals surface area contributed by atoms with Crippen LogP contribution in [0, 0.1) is 46.8 Å². The van der Waals surface area contributed by atoms with E-state index in [4.69, 9.17) is 9.84 Å². The summed E-state index contributed by atoms with van der Waals surface area (Å²) in [5.41, 5.74) is 0.455. The van der Waals surface area contributed by atoms with Crippen LogP contribution in [-0.2, 0) is 9.53 Å². The average molecular weight is 403 g/mol. The Morgan fingerprint density at radius 3 is 2.83 bits per heavy atom. The molecular formula is C24H34O5. The van der Waals surface area contributed by atoms with E-state index in [2.05, 4.69) is 13.8 Å². The third-order valence-electron chi connectivity index (χ3n) is 9.86. The molecule has 0 bridgehead atoms. The number of fused-ring (bicyclic) bond motifs is 7. The molecule has 0 heterocycles. The summed E-state index contributed by atoms with van der Waals surface area (Å²) in [7, 11) is 0. The first-order valence-corrected chi connectivity index (χ1v) is 11.6. The van der Waals surface area contributed by atoms with Crippen LogP contribution in [0.2, 0.25) is 0 Å². The van der Waals surface area contributed by atoms with E-state index in [9.17, 15) is 14.7 Å². The van der Waals surface area contributed by atoms with Crippen molar-refractivity contribution in [3.05, 3.63) is 11.6 Å². The fourth-order valence-corrected chi connectivity index (χ4v) is 8.66. The van der Waals surface area contributed by atoms with Crippen LogP contribution < -0.4 is 0 Å². The van der Waals surface area contributed by atoms with Crippen LogP contribution in [0.15, 0.2) is 11.6 Å². The van der Waals surface area contributed by atoms with E-state index in [-0.39, 0.29) is 12.0 Å². The largest absolute Gasteiger partial charge is 0.505 e. The fourth-order valence-electron chi connectivity index (χ4n) is 8.66. The summed E-state index contributed by atoms with van der Waals surface area (Å²) in [6, 6.07) is 0. The second kappa shape index (κ2) is 6.57. The normalized spacial score (nSPS) is 50.0. The van der Waals surface area contributed by atoms with Gasteiger partial charge in [0.05, 0.1) is 12.2 Å². The van der Waals surface area contributed by atoms with Crippen LogP contribution in [0.3, 0.4) is 0 Å². The average Bonchev–Trinajstić information content (AvgIpc) is 3.43. The first-order chi connectivity index (χ1) is 13.8. The zero-order chi connectivity index (χ0) is 20.6. The van der Waals surface area contributed by atoms with Gasteiger partial charge in [-0.3, -0.25) is 4.79 Å². The van der Waals surface area contributed by atoms with Gasteiger partial charge in [-0.1, -0.05) is 25.8 Å². The van der Waals surface area contributed by atoms with Crippen molar-refractivity contribution in [3.63, 3.8) is 0 Å². The summed E-state index contributed by atoms with van der Waals surface area (Å²) in [5.74, 6) is 4.13. The smallest absolute Gasteiger partial charge is 0.450 e. The van der Waals surface area contributed by atoms with Crippen molar-refractivity contribution in [3.8, 4) is 0 Å². The summed E-state index contributed by atoms with van der Waals surface area (Å²) in [4.78, 5) is 22.9. The third kappa shape index (κ3) is 2.68. The second-order valence-corrected chi connectivity index (χ2v) is 10.7. The van der Waals surface area contributed by atoms with E-state index >= 15 is 0 Å². The highest BCUT2D eigenvalue weighted by atomic mass is 16.7. The number of hydrogen-bond donors (Lipinski definition) is 2. The van der Waals surface area contributed by atoms with Crippen molar-refractivity contribution in [2.24, 2.45) is 46.8 Å². The van der Waals surface area contributed by atoms with Gasteiger partial charge in [0, 0.05) is 18.3 Å². The van der Waals surface area contributed by atoms with Crippen molar-refractivity contribution in [2.75, 3.05) is 6.61 Å². The van der Waals surface area contributed by atoms with Crippen LogP contribution >= 0.6 is 0 Å². The topological polar surface area (TPSA) is 83.8 Å². The molecule has 0 aromatic carbocycles. The number of aliphatic hydroxyl groups is 1. The number of carbonyl (C=O) groups excluding carboxylic acids is 1. The molecule has 5 aliphatic carbocycles. The Morgan fingerprint density at radius 2 is 2.10 bits per heavy atom. The Morgan fingerprint density at radius 1 is 1.31 bits per heavy atom. The number of rotatable bonds is 4. The monoisotopic (exact) mass is 402 g/mol. The molecular weight excluding hydrogens is 368 g/mol. The number of ketones is 1. The molecule has 29 heavy (non-hydrogen) atoms. The Bertz CT molecular complexity index is 758. The van der Waals surface area contributed by atoms with Crippen LogP contribution in [0.4, 0.5) is 4.79 Å². The third-order valence-corrected chi connectivity index (χ3v) is 9.86. The Labute approximate surface area is 172 Å². The van der Waals surface area contributed by atoms with Crippen molar-refractivity contribution >= 4 is 11.9 Å². The van der Waals surface area contributed by atoms with Crippen LogP contribution in [-0.4, -0.2) is 34.4 Å². The van der Waals surface area contributed by atoms with Crippen molar-refractivity contribution in [2.45, 2.75) is 70.8 Å². The van der Waals surface area contributed by atoms with Gasteiger partial charge < -0.3 is 14.9 Å². The molecule has 5 nitrogen and oxygen atoms in total. The minimum atomic E-state index is -1.26. The van der Waals surface area contributed by atoms with E-state index in [1.54, 1.807) is 0 Å². The highest BCUT2D eigenvalue weighted by Crippen LogP contribution is 2.77. The first kappa shape index (κ1) is 19.6. The van der Waals surface area contributed by atoms with Gasteiger partial charge in [0.1, 0.15) is 0 Å². The number of hydrogen-bond acceptors (Lipinski definition) is 4. The molecule has 0 radical (unpaired) electrons. The molecule has 0 aromatic rings. The second-order valence-electron chi connectivity index (χ2n) is 10.7. The molecule has 0 spiro atoms. The number of carboxylic acid groups (broad SMARTS) is 1. The molecule has 5 heteroatoms. The maximum absolute atomic E-state index is 12.0. The zero-order valence-electron chi connectivity index (χ0n) is 17.6. The summed E-state index contributed by atoms with van der Waals surface area (Å²) < 4.78 is 4.81. The van der Waals surface area contributed by atoms with Crippen LogP contribution in [0.25, 0.3) is 0 Å². The molecule has 0 aromatic heterocycles. The fraction of sp³-hybridized carbons (Fsp3) is 0.833. The number of ether oxygens (including phenoxy) is 1. The molecule has 4 fully saturated rings. The predicted molar refractivity (Wildman–Crippen MR) is 107 cm³/mol. The molecule has 0 unspecified atom stereocenters. The lowest BCUT2D eigenvalue weighted by Gasteiger charge is -2.59. The van der Waals surface area contributed by atoms with E-state index in [0.717, 1.165) is 38.5 Å².